The minimum atomic E-state index is -1.72. The van der Waals surface area contributed by atoms with Crippen LogP contribution in [-0.2, 0) is 4.43 Å². The largest absolute Gasteiger partial charge is 0.417 e. The number of rotatable bonds is 4. The van der Waals surface area contributed by atoms with Gasteiger partial charge in [-0.2, -0.15) is 0 Å². The third-order valence-electron chi connectivity index (χ3n) is 10.6. The molecule has 2 bridgehead atoms. The maximum atomic E-state index is 12.3. The fourth-order valence-corrected chi connectivity index (χ4v) is 8.74. The molecule has 4 aliphatic carbocycles. The molecule has 0 radical (unpaired) electrons. The van der Waals surface area contributed by atoms with E-state index < -0.39 is 13.9 Å². The highest BCUT2D eigenvalue weighted by atomic mass is 28.4. The van der Waals surface area contributed by atoms with Crippen molar-refractivity contribution in [2.24, 2.45) is 35.0 Å². The van der Waals surface area contributed by atoms with Gasteiger partial charge in [0.25, 0.3) is 0 Å². The first kappa shape index (κ1) is 23.8. The van der Waals surface area contributed by atoms with Gasteiger partial charge in [0.2, 0.25) is 0 Å². The highest BCUT2D eigenvalue weighted by molar-refractivity contribution is 6.74. The van der Waals surface area contributed by atoms with E-state index in [1.165, 1.54) is 50.5 Å². The molecule has 0 aromatic carbocycles. The first-order valence-electron chi connectivity index (χ1n) is 13.1. The summed E-state index contributed by atoms with van der Waals surface area (Å²) in [5.74, 6) is 2.91. The standard InChI is InChI=1S/C28H48O2Si/c1-20(19-30-31(6,7)26(2,3)4)24-11-12-25-27(24,5)15-14-23-18-22-10-8-9-21(17-22)13-16-28(23,25)29/h8-9,13,20,22-25,29H,10-12,14-19H2,1-7H3/b21-13-/t20-,22?,23+,24-,25?,27-,28+/m1/s1. The molecule has 176 valence electrons. The van der Waals surface area contributed by atoms with Gasteiger partial charge >= 0.3 is 0 Å². The summed E-state index contributed by atoms with van der Waals surface area (Å²) in [6, 6.07) is 0. The van der Waals surface area contributed by atoms with E-state index in [2.05, 4.69) is 65.9 Å². The Morgan fingerprint density at radius 1 is 1.23 bits per heavy atom. The number of allylic oxidation sites excluding steroid dienone is 3. The van der Waals surface area contributed by atoms with Gasteiger partial charge in [0.15, 0.2) is 8.32 Å². The molecule has 31 heavy (non-hydrogen) atoms. The lowest BCUT2D eigenvalue weighted by Gasteiger charge is -2.56. The Kier molecular flexibility index (Phi) is 6.23. The van der Waals surface area contributed by atoms with Gasteiger partial charge in [-0.1, -0.05) is 58.4 Å². The van der Waals surface area contributed by atoms with Crippen LogP contribution in [0, 0.1) is 35.0 Å². The van der Waals surface area contributed by atoms with Crippen LogP contribution in [-0.4, -0.2) is 25.6 Å². The summed E-state index contributed by atoms with van der Waals surface area (Å²) in [7, 11) is -1.72. The maximum absolute atomic E-state index is 12.3. The Morgan fingerprint density at radius 3 is 2.68 bits per heavy atom. The van der Waals surface area contributed by atoms with Gasteiger partial charge in [-0.05, 0) is 105 Å². The second-order valence-electron chi connectivity index (χ2n) is 13.4. The highest BCUT2D eigenvalue weighted by Gasteiger charge is 2.61. The second kappa shape index (κ2) is 8.13. The van der Waals surface area contributed by atoms with Crippen LogP contribution in [0.4, 0.5) is 0 Å². The Bertz CT molecular complexity index is 732. The van der Waals surface area contributed by atoms with E-state index in [1.807, 2.05) is 0 Å². The molecule has 2 nitrogen and oxygen atoms in total. The molecular weight excluding hydrogens is 396 g/mol. The monoisotopic (exact) mass is 444 g/mol. The van der Waals surface area contributed by atoms with Gasteiger partial charge in [0.05, 0.1) is 5.60 Å². The molecule has 7 atom stereocenters. The van der Waals surface area contributed by atoms with Crippen molar-refractivity contribution in [3.63, 3.8) is 0 Å². The Morgan fingerprint density at radius 2 is 1.97 bits per heavy atom. The molecule has 0 saturated heterocycles. The van der Waals surface area contributed by atoms with Gasteiger partial charge in [0.1, 0.15) is 0 Å². The van der Waals surface area contributed by atoms with Crippen molar-refractivity contribution < 1.29 is 9.53 Å². The predicted octanol–water partition coefficient (Wildman–Crippen LogP) is 7.50. The van der Waals surface area contributed by atoms with Gasteiger partial charge in [-0.3, -0.25) is 0 Å². The van der Waals surface area contributed by atoms with Crippen LogP contribution < -0.4 is 0 Å². The summed E-state index contributed by atoms with van der Waals surface area (Å²) < 4.78 is 6.67. The van der Waals surface area contributed by atoms with Gasteiger partial charge < -0.3 is 9.53 Å². The summed E-state index contributed by atoms with van der Waals surface area (Å²) in [4.78, 5) is 0. The molecular formula is C28H48O2Si. The number of aliphatic hydroxyl groups is 1. The fraction of sp³-hybridized carbons (Fsp3) is 0.857. The highest BCUT2D eigenvalue weighted by Crippen LogP contribution is 2.64. The summed E-state index contributed by atoms with van der Waals surface area (Å²) in [5.41, 5.74) is 1.22. The van der Waals surface area contributed by atoms with Gasteiger partial charge in [0, 0.05) is 6.61 Å². The molecule has 3 heteroatoms. The molecule has 4 rings (SSSR count). The molecule has 0 aromatic heterocycles. The fourth-order valence-electron chi connectivity index (χ4n) is 7.63. The number of hydrogen-bond acceptors (Lipinski definition) is 2. The second-order valence-corrected chi connectivity index (χ2v) is 18.3. The van der Waals surface area contributed by atoms with Crippen LogP contribution in [0.3, 0.4) is 0 Å². The lowest BCUT2D eigenvalue weighted by molar-refractivity contribution is -0.152. The minimum Gasteiger partial charge on any atom is -0.417 e. The van der Waals surface area contributed by atoms with E-state index in [0.717, 1.165) is 18.9 Å². The quantitative estimate of drug-likeness (QED) is 0.455. The molecule has 2 fully saturated rings. The van der Waals surface area contributed by atoms with Crippen LogP contribution in [0.5, 0.6) is 0 Å². The summed E-state index contributed by atoms with van der Waals surface area (Å²) in [5, 5.41) is 12.5. The average molecular weight is 445 g/mol. The normalized spacial score (nSPS) is 43.3. The first-order chi connectivity index (χ1) is 14.4. The van der Waals surface area contributed by atoms with E-state index in [-0.39, 0.29) is 10.5 Å². The van der Waals surface area contributed by atoms with Crippen LogP contribution in [0.15, 0.2) is 23.8 Å². The van der Waals surface area contributed by atoms with Gasteiger partial charge in [-0.15, -0.1) is 0 Å². The zero-order valence-corrected chi connectivity index (χ0v) is 22.3. The van der Waals surface area contributed by atoms with Crippen LogP contribution in [0.2, 0.25) is 18.1 Å². The first-order valence-corrected chi connectivity index (χ1v) is 16.0. The molecule has 0 spiro atoms. The number of hydrogen-bond donors (Lipinski definition) is 1. The number of fused-ring (bicyclic) bond motifs is 5. The van der Waals surface area contributed by atoms with Crippen molar-refractivity contribution >= 4 is 8.32 Å². The van der Waals surface area contributed by atoms with E-state index in [9.17, 15) is 5.11 Å². The minimum absolute atomic E-state index is 0.254. The molecule has 1 N–H and O–H groups in total. The Balaban J connectivity index is 1.52. The van der Waals surface area contributed by atoms with Crippen molar-refractivity contribution in [2.75, 3.05) is 6.61 Å². The van der Waals surface area contributed by atoms with Crippen molar-refractivity contribution in [1.29, 1.82) is 0 Å². The molecule has 2 saturated carbocycles. The Labute approximate surface area is 193 Å². The average Bonchev–Trinajstić information content (AvgIpc) is 3.04. The summed E-state index contributed by atoms with van der Waals surface area (Å²) in [6.07, 6.45) is 16.6. The summed E-state index contributed by atoms with van der Waals surface area (Å²) in [6.45, 7) is 17.6. The molecule has 4 aliphatic rings. The van der Waals surface area contributed by atoms with Crippen LogP contribution >= 0.6 is 0 Å². The molecule has 0 aromatic rings. The van der Waals surface area contributed by atoms with Crippen LogP contribution in [0.25, 0.3) is 0 Å². The Hall–Kier alpha value is -0.383. The maximum Gasteiger partial charge on any atom is 0.191 e. The zero-order valence-electron chi connectivity index (χ0n) is 21.3. The topological polar surface area (TPSA) is 29.5 Å². The van der Waals surface area contributed by atoms with Crippen molar-refractivity contribution in [1.82, 2.24) is 0 Å². The third kappa shape index (κ3) is 4.17. The third-order valence-corrected chi connectivity index (χ3v) is 15.1. The lowest BCUT2D eigenvalue weighted by atomic mass is 9.52. The smallest absolute Gasteiger partial charge is 0.191 e. The van der Waals surface area contributed by atoms with E-state index in [1.54, 1.807) is 0 Å². The van der Waals surface area contributed by atoms with Crippen molar-refractivity contribution in [2.45, 2.75) is 110 Å². The molecule has 0 aliphatic heterocycles. The van der Waals surface area contributed by atoms with E-state index in [4.69, 9.17) is 4.43 Å². The zero-order chi connectivity index (χ0) is 22.7. The lowest BCUT2D eigenvalue weighted by Crippen LogP contribution is -2.56. The SMILES string of the molecule is C[C@H](CO[Si](C)(C)C(C)(C)C)[C@H]1CCC2[C@]1(C)CC[C@H]1CC3CC=C/C(=C/C[C@@]21O)C3. The van der Waals surface area contributed by atoms with E-state index in [0.29, 0.717) is 23.7 Å². The summed E-state index contributed by atoms with van der Waals surface area (Å²) >= 11 is 0. The van der Waals surface area contributed by atoms with Crippen LogP contribution in [0.1, 0.15) is 86.0 Å². The molecule has 0 heterocycles. The van der Waals surface area contributed by atoms with Crippen molar-refractivity contribution in [3.05, 3.63) is 23.8 Å². The molecule has 0 amide bonds. The molecule has 2 unspecified atom stereocenters. The van der Waals surface area contributed by atoms with E-state index >= 15 is 0 Å². The predicted molar refractivity (Wildman–Crippen MR) is 133 cm³/mol. The van der Waals surface area contributed by atoms with Gasteiger partial charge in [-0.25, -0.2) is 0 Å². The van der Waals surface area contributed by atoms with Crippen molar-refractivity contribution in [3.8, 4) is 0 Å².